The molecule has 9 heteroatoms. The minimum atomic E-state index is -0.551. The summed E-state index contributed by atoms with van der Waals surface area (Å²) in [6.45, 7) is 0.484. The molecule has 9 nitrogen and oxygen atoms in total. The van der Waals surface area contributed by atoms with Gasteiger partial charge in [-0.15, -0.1) is 0 Å². The van der Waals surface area contributed by atoms with Gasteiger partial charge in [0, 0.05) is 25.4 Å². The highest BCUT2D eigenvalue weighted by molar-refractivity contribution is 5.75. The monoisotopic (exact) mass is 278 g/mol. The van der Waals surface area contributed by atoms with Crippen molar-refractivity contribution in [2.75, 3.05) is 6.54 Å². The fourth-order valence-electron chi connectivity index (χ4n) is 1.65. The predicted octanol–water partition coefficient (Wildman–Crippen LogP) is 0.263. The summed E-state index contributed by atoms with van der Waals surface area (Å²) < 4.78 is 1.24. The fourth-order valence-corrected chi connectivity index (χ4v) is 1.65. The molecule has 1 amide bonds. The number of aromatic amines is 1. The lowest BCUT2D eigenvalue weighted by Crippen LogP contribution is -2.28. The first-order valence-electron chi connectivity index (χ1n) is 6.07. The van der Waals surface area contributed by atoms with Gasteiger partial charge < -0.3 is 10.3 Å². The van der Waals surface area contributed by atoms with E-state index in [0.29, 0.717) is 6.54 Å². The number of carbonyl (C=O) groups is 1. The van der Waals surface area contributed by atoms with Gasteiger partial charge in [0.1, 0.15) is 24.8 Å². The molecular weight excluding hydrogens is 264 g/mol. The van der Waals surface area contributed by atoms with E-state index >= 15 is 0 Å². The van der Waals surface area contributed by atoms with Crippen molar-refractivity contribution in [3.05, 3.63) is 40.7 Å². The summed E-state index contributed by atoms with van der Waals surface area (Å²) in [7, 11) is 0. The Kier molecular flexibility index (Phi) is 4.43. The van der Waals surface area contributed by atoms with Gasteiger partial charge in [0.25, 0.3) is 0 Å². The zero-order chi connectivity index (χ0) is 14.4. The first-order chi connectivity index (χ1) is 9.65. The molecule has 20 heavy (non-hydrogen) atoms. The second-order valence-corrected chi connectivity index (χ2v) is 4.14. The zero-order valence-corrected chi connectivity index (χ0v) is 10.7. The number of aryl methyl sites for hydroxylation is 1. The second kappa shape index (κ2) is 6.45. The quantitative estimate of drug-likeness (QED) is 0.428. The number of hydrogen-bond acceptors (Lipinski definition) is 5. The van der Waals surface area contributed by atoms with E-state index in [2.05, 4.69) is 20.4 Å². The topological polar surface area (TPSA) is 119 Å². The molecule has 0 saturated carbocycles. The highest BCUT2D eigenvalue weighted by Gasteiger charge is 2.10. The van der Waals surface area contributed by atoms with E-state index in [1.807, 2.05) is 0 Å². The summed E-state index contributed by atoms with van der Waals surface area (Å²) in [4.78, 5) is 28.6. The minimum Gasteiger partial charge on any atom is -0.354 e. The summed E-state index contributed by atoms with van der Waals surface area (Å²) >= 11 is 0. The Balaban J connectivity index is 1.68. The van der Waals surface area contributed by atoms with E-state index in [1.54, 1.807) is 12.4 Å². The van der Waals surface area contributed by atoms with Crippen LogP contribution in [0.25, 0.3) is 0 Å². The number of H-pyrrole nitrogens is 1. The number of hydrogen-bond donors (Lipinski definition) is 2. The molecule has 0 aromatic carbocycles. The Morgan fingerprint density at radius 1 is 1.55 bits per heavy atom. The maximum absolute atomic E-state index is 11.6. The van der Waals surface area contributed by atoms with E-state index in [1.165, 1.54) is 10.9 Å². The Bertz CT molecular complexity index is 577. The first-order valence-corrected chi connectivity index (χ1v) is 6.07. The first kappa shape index (κ1) is 13.7. The Hall–Kier alpha value is -2.71. The van der Waals surface area contributed by atoms with Crippen LogP contribution < -0.4 is 5.32 Å². The van der Waals surface area contributed by atoms with Crippen LogP contribution in [0.4, 0.5) is 5.69 Å². The van der Waals surface area contributed by atoms with Gasteiger partial charge in [0.2, 0.25) is 5.91 Å². The third-order valence-corrected chi connectivity index (χ3v) is 2.60. The standard InChI is InChI=1S/C11H14N6O3/c18-11(8-16-7-9(6-15-16)17(19)20)14-3-1-2-10-12-4-5-13-10/h4-7H,1-3,8H2,(H,12,13)(H,14,18). The highest BCUT2D eigenvalue weighted by Crippen LogP contribution is 2.07. The number of nitro groups is 1. The number of aromatic nitrogens is 4. The fraction of sp³-hybridized carbons (Fsp3) is 0.364. The van der Waals surface area contributed by atoms with Crippen molar-refractivity contribution in [1.29, 1.82) is 0 Å². The van der Waals surface area contributed by atoms with Gasteiger partial charge in [-0.1, -0.05) is 0 Å². The second-order valence-electron chi connectivity index (χ2n) is 4.14. The molecule has 0 radical (unpaired) electrons. The van der Waals surface area contributed by atoms with Gasteiger partial charge in [-0.25, -0.2) is 4.98 Å². The predicted molar refractivity (Wildman–Crippen MR) is 68.8 cm³/mol. The van der Waals surface area contributed by atoms with Crippen LogP contribution in [0.5, 0.6) is 0 Å². The van der Waals surface area contributed by atoms with Gasteiger partial charge in [0.05, 0.1) is 4.92 Å². The smallest absolute Gasteiger partial charge is 0.307 e. The van der Waals surface area contributed by atoms with Gasteiger partial charge >= 0.3 is 5.69 Å². The number of carbonyl (C=O) groups excluding carboxylic acids is 1. The summed E-state index contributed by atoms with van der Waals surface area (Å²) in [6, 6.07) is 0. The molecule has 2 aromatic rings. The lowest BCUT2D eigenvalue weighted by molar-refractivity contribution is -0.385. The number of nitrogens with zero attached hydrogens (tertiary/aromatic N) is 4. The molecule has 2 N–H and O–H groups in total. The summed E-state index contributed by atoms with van der Waals surface area (Å²) in [5.74, 6) is 0.643. The molecular formula is C11H14N6O3. The summed E-state index contributed by atoms with van der Waals surface area (Å²) in [5, 5.41) is 16.9. The van der Waals surface area contributed by atoms with Crippen LogP contribution in [0.1, 0.15) is 12.2 Å². The molecule has 0 aliphatic carbocycles. The molecule has 2 aromatic heterocycles. The molecule has 0 bridgehead atoms. The Morgan fingerprint density at radius 3 is 3.05 bits per heavy atom. The number of nitrogens with one attached hydrogen (secondary N) is 2. The number of amides is 1. The number of imidazole rings is 1. The van der Waals surface area contributed by atoms with Crippen molar-refractivity contribution >= 4 is 11.6 Å². The molecule has 0 spiro atoms. The highest BCUT2D eigenvalue weighted by atomic mass is 16.6. The van der Waals surface area contributed by atoms with Crippen molar-refractivity contribution in [2.45, 2.75) is 19.4 Å². The molecule has 0 aliphatic rings. The van der Waals surface area contributed by atoms with Crippen LogP contribution in [0.2, 0.25) is 0 Å². The van der Waals surface area contributed by atoms with E-state index < -0.39 is 4.92 Å². The van der Waals surface area contributed by atoms with Crippen LogP contribution in [-0.2, 0) is 17.8 Å². The molecule has 2 rings (SSSR count). The Morgan fingerprint density at radius 2 is 2.40 bits per heavy atom. The van der Waals surface area contributed by atoms with Crippen molar-refractivity contribution in [2.24, 2.45) is 0 Å². The van der Waals surface area contributed by atoms with E-state index in [0.717, 1.165) is 24.9 Å². The third-order valence-electron chi connectivity index (χ3n) is 2.60. The van der Waals surface area contributed by atoms with Crippen molar-refractivity contribution in [1.82, 2.24) is 25.1 Å². The van der Waals surface area contributed by atoms with Crippen LogP contribution in [0.15, 0.2) is 24.8 Å². The number of rotatable bonds is 7. The average molecular weight is 278 g/mol. The lowest BCUT2D eigenvalue weighted by atomic mass is 10.3. The van der Waals surface area contributed by atoms with Crippen LogP contribution in [0, 0.1) is 10.1 Å². The molecule has 106 valence electrons. The molecule has 2 heterocycles. The molecule has 0 fully saturated rings. The van der Waals surface area contributed by atoms with Crippen LogP contribution >= 0.6 is 0 Å². The zero-order valence-electron chi connectivity index (χ0n) is 10.7. The molecule has 0 atom stereocenters. The average Bonchev–Trinajstić information content (AvgIpc) is 3.05. The minimum absolute atomic E-state index is 0.0331. The van der Waals surface area contributed by atoms with Gasteiger partial charge in [-0.3, -0.25) is 19.6 Å². The van der Waals surface area contributed by atoms with Crippen molar-refractivity contribution in [3.63, 3.8) is 0 Å². The van der Waals surface area contributed by atoms with E-state index in [-0.39, 0.29) is 18.1 Å². The van der Waals surface area contributed by atoms with Crippen LogP contribution in [-0.4, -0.2) is 37.1 Å². The van der Waals surface area contributed by atoms with Gasteiger partial charge in [-0.2, -0.15) is 5.10 Å². The maximum Gasteiger partial charge on any atom is 0.307 e. The summed E-state index contributed by atoms with van der Waals surface area (Å²) in [6.07, 6.45) is 7.28. The Labute approximate surface area is 114 Å². The summed E-state index contributed by atoms with van der Waals surface area (Å²) in [5.41, 5.74) is -0.129. The molecule has 0 saturated heterocycles. The van der Waals surface area contributed by atoms with E-state index in [4.69, 9.17) is 0 Å². The van der Waals surface area contributed by atoms with Crippen LogP contribution in [0.3, 0.4) is 0 Å². The van der Waals surface area contributed by atoms with E-state index in [9.17, 15) is 14.9 Å². The molecule has 0 unspecified atom stereocenters. The van der Waals surface area contributed by atoms with Gasteiger partial charge in [-0.05, 0) is 6.42 Å². The van der Waals surface area contributed by atoms with Crippen molar-refractivity contribution < 1.29 is 9.72 Å². The third kappa shape index (κ3) is 3.90. The van der Waals surface area contributed by atoms with Crippen molar-refractivity contribution in [3.8, 4) is 0 Å². The maximum atomic E-state index is 11.6. The normalized spacial score (nSPS) is 10.4. The SMILES string of the molecule is O=C(Cn1cc([N+](=O)[O-])cn1)NCCCc1ncc[nH]1. The largest absolute Gasteiger partial charge is 0.354 e. The lowest BCUT2D eigenvalue weighted by Gasteiger charge is -2.04. The van der Waals surface area contributed by atoms with Gasteiger partial charge in [0.15, 0.2) is 0 Å². The molecule has 0 aliphatic heterocycles.